The minimum absolute atomic E-state index is 0.112. The highest BCUT2D eigenvalue weighted by atomic mass is 32.2. The van der Waals surface area contributed by atoms with Crippen LogP contribution in [0.3, 0.4) is 0 Å². The van der Waals surface area contributed by atoms with E-state index in [1.165, 1.54) is 24.3 Å². The molecule has 4 heteroatoms. The highest BCUT2D eigenvalue weighted by Gasteiger charge is 2.13. The zero-order chi connectivity index (χ0) is 9.52. The lowest BCUT2D eigenvalue weighted by Crippen LogP contribution is -2.36. The molecule has 1 amide bonds. The normalized spacial score (nSPS) is 18.5. The summed E-state index contributed by atoms with van der Waals surface area (Å²) in [4.78, 5) is 11.1. The van der Waals surface area contributed by atoms with E-state index in [1.807, 2.05) is 11.8 Å². The summed E-state index contributed by atoms with van der Waals surface area (Å²) >= 11 is 2.02. The van der Waals surface area contributed by atoms with Crippen molar-refractivity contribution < 1.29 is 4.79 Å². The van der Waals surface area contributed by atoms with Gasteiger partial charge < -0.3 is 10.6 Å². The summed E-state index contributed by atoms with van der Waals surface area (Å²) < 4.78 is 0. The molecule has 13 heavy (non-hydrogen) atoms. The topological polar surface area (TPSA) is 41.1 Å². The Balaban J connectivity index is 2.06. The molecular formula is C9H18N2OS. The number of carbonyl (C=O) groups is 1. The molecule has 0 unspecified atom stereocenters. The second-order valence-electron chi connectivity index (χ2n) is 3.39. The fourth-order valence-corrected chi connectivity index (χ4v) is 2.64. The van der Waals surface area contributed by atoms with Gasteiger partial charge in [0.05, 0.1) is 6.54 Å². The number of hydrogen-bond acceptors (Lipinski definition) is 3. The first-order chi connectivity index (χ1) is 6.33. The lowest BCUT2D eigenvalue weighted by molar-refractivity contribution is -0.120. The van der Waals surface area contributed by atoms with Crippen molar-refractivity contribution >= 4 is 17.7 Å². The van der Waals surface area contributed by atoms with Gasteiger partial charge >= 0.3 is 0 Å². The van der Waals surface area contributed by atoms with Gasteiger partial charge in [-0.05, 0) is 37.3 Å². The standard InChI is InChI=1S/C9H18N2OS/c1-10-7-9(12)11-6-8-2-4-13-5-3-8/h8,10H,2-7H2,1H3,(H,11,12). The summed E-state index contributed by atoms with van der Waals surface area (Å²) in [6.07, 6.45) is 2.51. The molecule has 1 aliphatic rings. The zero-order valence-electron chi connectivity index (χ0n) is 8.14. The van der Waals surface area contributed by atoms with Gasteiger partial charge in [0.2, 0.25) is 5.91 Å². The van der Waals surface area contributed by atoms with Crippen LogP contribution in [0.5, 0.6) is 0 Å². The van der Waals surface area contributed by atoms with Crippen LogP contribution in [-0.2, 0) is 4.79 Å². The minimum Gasteiger partial charge on any atom is -0.355 e. The van der Waals surface area contributed by atoms with Crippen LogP contribution in [0, 0.1) is 5.92 Å². The Hall–Kier alpha value is -0.220. The molecule has 0 aromatic rings. The first kappa shape index (κ1) is 10.9. The van der Waals surface area contributed by atoms with E-state index in [4.69, 9.17) is 0 Å². The number of amides is 1. The van der Waals surface area contributed by atoms with E-state index >= 15 is 0 Å². The average molecular weight is 202 g/mol. The highest BCUT2D eigenvalue weighted by molar-refractivity contribution is 7.99. The van der Waals surface area contributed by atoms with Gasteiger partial charge in [0.15, 0.2) is 0 Å². The van der Waals surface area contributed by atoms with E-state index in [2.05, 4.69) is 10.6 Å². The average Bonchev–Trinajstić information content (AvgIpc) is 2.17. The molecule has 0 radical (unpaired) electrons. The molecule has 3 nitrogen and oxygen atoms in total. The Bertz CT molecular complexity index is 158. The quantitative estimate of drug-likeness (QED) is 0.696. The van der Waals surface area contributed by atoms with Crippen molar-refractivity contribution in [2.75, 3.05) is 31.6 Å². The van der Waals surface area contributed by atoms with Gasteiger partial charge in [-0.25, -0.2) is 0 Å². The first-order valence-electron chi connectivity index (χ1n) is 4.82. The van der Waals surface area contributed by atoms with Crippen LogP contribution in [-0.4, -0.2) is 37.6 Å². The third kappa shape index (κ3) is 4.52. The van der Waals surface area contributed by atoms with Crippen LogP contribution in [0.4, 0.5) is 0 Å². The first-order valence-corrected chi connectivity index (χ1v) is 5.97. The molecule has 0 saturated carbocycles. The van der Waals surface area contributed by atoms with E-state index < -0.39 is 0 Å². The molecule has 76 valence electrons. The van der Waals surface area contributed by atoms with E-state index in [0.29, 0.717) is 12.5 Å². The Morgan fingerprint density at radius 2 is 2.15 bits per heavy atom. The van der Waals surface area contributed by atoms with Crippen molar-refractivity contribution in [1.29, 1.82) is 0 Å². The molecule has 1 heterocycles. The zero-order valence-corrected chi connectivity index (χ0v) is 8.95. The summed E-state index contributed by atoms with van der Waals surface area (Å²) in [5.74, 6) is 3.34. The van der Waals surface area contributed by atoms with Crippen LogP contribution >= 0.6 is 11.8 Å². The van der Waals surface area contributed by atoms with Crippen LogP contribution in [0.1, 0.15) is 12.8 Å². The predicted molar refractivity (Wildman–Crippen MR) is 57.0 cm³/mol. The van der Waals surface area contributed by atoms with Crippen molar-refractivity contribution in [1.82, 2.24) is 10.6 Å². The molecular weight excluding hydrogens is 184 g/mol. The SMILES string of the molecule is CNCC(=O)NCC1CCSCC1. The van der Waals surface area contributed by atoms with E-state index in [1.54, 1.807) is 7.05 Å². The summed E-state index contributed by atoms with van der Waals surface area (Å²) in [5.41, 5.74) is 0. The van der Waals surface area contributed by atoms with Gasteiger partial charge in [-0.3, -0.25) is 4.79 Å². The molecule has 1 saturated heterocycles. The number of carbonyl (C=O) groups excluding carboxylic acids is 1. The molecule has 2 N–H and O–H groups in total. The van der Waals surface area contributed by atoms with Crippen LogP contribution in [0.15, 0.2) is 0 Å². The molecule has 1 rings (SSSR count). The van der Waals surface area contributed by atoms with Crippen LogP contribution in [0.2, 0.25) is 0 Å². The lowest BCUT2D eigenvalue weighted by Gasteiger charge is -2.21. The Labute approximate surface area is 84.0 Å². The maximum Gasteiger partial charge on any atom is 0.233 e. The van der Waals surface area contributed by atoms with Gasteiger partial charge in [0.1, 0.15) is 0 Å². The van der Waals surface area contributed by atoms with Crippen molar-refractivity contribution in [3.63, 3.8) is 0 Å². The molecule has 0 bridgehead atoms. The summed E-state index contributed by atoms with van der Waals surface area (Å²) in [5, 5.41) is 5.78. The summed E-state index contributed by atoms with van der Waals surface area (Å²) in [6.45, 7) is 1.29. The third-order valence-electron chi connectivity index (χ3n) is 2.27. The molecule has 0 atom stereocenters. The van der Waals surface area contributed by atoms with Crippen LogP contribution in [0.25, 0.3) is 0 Å². The van der Waals surface area contributed by atoms with Gasteiger partial charge in [0, 0.05) is 6.54 Å². The second kappa shape index (κ2) is 6.27. The monoisotopic (exact) mass is 202 g/mol. The summed E-state index contributed by atoms with van der Waals surface area (Å²) in [6, 6.07) is 0. The lowest BCUT2D eigenvalue weighted by atomic mass is 10.0. The molecule has 0 spiro atoms. The Morgan fingerprint density at radius 3 is 2.77 bits per heavy atom. The molecule has 0 aromatic carbocycles. The maximum atomic E-state index is 11.1. The van der Waals surface area contributed by atoms with E-state index in [0.717, 1.165) is 6.54 Å². The van der Waals surface area contributed by atoms with Crippen molar-refractivity contribution in [2.24, 2.45) is 5.92 Å². The van der Waals surface area contributed by atoms with Crippen molar-refractivity contribution in [3.8, 4) is 0 Å². The summed E-state index contributed by atoms with van der Waals surface area (Å²) in [7, 11) is 1.79. The molecule has 0 aromatic heterocycles. The van der Waals surface area contributed by atoms with Gasteiger partial charge in [0.25, 0.3) is 0 Å². The molecule has 1 fully saturated rings. The number of nitrogens with one attached hydrogen (secondary N) is 2. The number of thioether (sulfide) groups is 1. The fourth-order valence-electron chi connectivity index (χ4n) is 1.43. The Morgan fingerprint density at radius 1 is 1.46 bits per heavy atom. The Kier molecular flexibility index (Phi) is 5.23. The predicted octanol–water partition coefficient (Wildman–Crippen LogP) is 0.465. The van der Waals surface area contributed by atoms with E-state index in [9.17, 15) is 4.79 Å². The van der Waals surface area contributed by atoms with E-state index in [-0.39, 0.29) is 5.91 Å². The van der Waals surface area contributed by atoms with Crippen molar-refractivity contribution in [2.45, 2.75) is 12.8 Å². The third-order valence-corrected chi connectivity index (χ3v) is 3.31. The smallest absolute Gasteiger partial charge is 0.233 e. The second-order valence-corrected chi connectivity index (χ2v) is 4.61. The highest BCUT2D eigenvalue weighted by Crippen LogP contribution is 2.21. The van der Waals surface area contributed by atoms with Gasteiger partial charge in [-0.15, -0.1) is 0 Å². The largest absolute Gasteiger partial charge is 0.355 e. The number of hydrogen-bond donors (Lipinski definition) is 2. The maximum absolute atomic E-state index is 11.1. The van der Waals surface area contributed by atoms with Crippen molar-refractivity contribution in [3.05, 3.63) is 0 Å². The van der Waals surface area contributed by atoms with Crippen LogP contribution < -0.4 is 10.6 Å². The number of rotatable bonds is 4. The fraction of sp³-hybridized carbons (Fsp3) is 0.889. The number of likely N-dealkylation sites (N-methyl/N-ethyl adjacent to an activating group) is 1. The molecule has 1 aliphatic heterocycles. The molecule has 0 aliphatic carbocycles. The van der Waals surface area contributed by atoms with Gasteiger partial charge in [-0.1, -0.05) is 0 Å². The minimum atomic E-state index is 0.112. The van der Waals surface area contributed by atoms with Gasteiger partial charge in [-0.2, -0.15) is 11.8 Å².